The Hall–Kier alpha value is -1.39. The van der Waals surface area contributed by atoms with Crippen LogP contribution in [-0.2, 0) is 23.2 Å². The second-order valence-corrected chi connectivity index (χ2v) is 7.40. The van der Waals surface area contributed by atoms with Crippen LogP contribution in [0.15, 0.2) is 12.1 Å². The molecule has 1 aliphatic heterocycles. The number of carbonyl (C=O) groups is 1. The first-order valence-electron chi connectivity index (χ1n) is 8.29. The lowest BCUT2D eigenvalue weighted by atomic mass is 9.45. The third-order valence-electron chi connectivity index (χ3n) is 6.71. The van der Waals surface area contributed by atoms with E-state index in [1.54, 1.807) is 0 Å². The second-order valence-electron chi connectivity index (χ2n) is 7.40. The fourth-order valence-electron chi connectivity index (χ4n) is 5.83. The topological polar surface area (TPSA) is 66.8 Å². The lowest BCUT2D eigenvalue weighted by Crippen LogP contribution is -2.69. The number of aliphatic hydroxyl groups is 2. The van der Waals surface area contributed by atoms with Crippen LogP contribution in [0.5, 0.6) is 5.75 Å². The number of carbonyl (C=O) groups excluding carboxylic acids is 1. The number of hydrogen-bond acceptors (Lipinski definition) is 4. The smallest absolute Gasteiger partial charge is 0.174 e. The SMILES string of the molecule is O=C1CC[C@@]2(O)[C@@H]3CCC[C@@]24c2c(ccc(CO)c2O[C@@H]14)C3. The van der Waals surface area contributed by atoms with Crippen molar-refractivity contribution in [2.75, 3.05) is 0 Å². The van der Waals surface area contributed by atoms with Gasteiger partial charge in [0.15, 0.2) is 11.9 Å². The molecule has 4 nitrogen and oxygen atoms in total. The van der Waals surface area contributed by atoms with Crippen molar-refractivity contribution in [3.63, 3.8) is 0 Å². The van der Waals surface area contributed by atoms with Gasteiger partial charge in [0.25, 0.3) is 0 Å². The van der Waals surface area contributed by atoms with E-state index in [-0.39, 0.29) is 18.3 Å². The summed E-state index contributed by atoms with van der Waals surface area (Å²) in [6.45, 7) is -0.0958. The van der Waals surface area contributed by atoms with E-state index in [2.05, 4.69) is 6.07 Å². The molecule has 0 unspecified atom stereocenters. The molecule has 2 bridgehead atoms. The molecule has 2 N–H and O–H groups in total. The van der Waals surface area contributed by atoms with E-state index in [9.17, 15) is 15.0 Å². The summed E-state index contributed by atoms with van der Waals surface area (Å²) in [5.74, 6) is 1.01. The van der Waals surface area contributed by atoms with Crippen LogP contribution in [0.2, 0.25) is 0 Å². The van der Waals surface area contributed by atoms with E-state index in [1.807, 2.05) is 6.07 Å². The maximum absolute atomic E-state index is 12.6. The maximum Gasteiger partial charge on any atom is 0.174 e. The van der Waals surface area contributed by atoms with Gasteiger partial charge in [0.1, 0.15) is 5.75 Å². The summed E-state index contributed by atoms with van der Waals surface area (Å²) in [7, 11) is 0. The summed E-state index contributed by atoms with van der Waals surface area (Å²) in [5, 5.41) is 21.2. The lowest BCUT2D eigenvalue weighted by Gasteiger charge is -2.59. The maximum atomic E-state index is 12.6. The highest BCUT2D eigenvalue weighted by atomic mass is 16.5. The van der Waals surface area contributed by atoms with Crippen molar-refractivity contribution in [1.82, 2.24) is 0 Å². The summed E-state index contributed by atoms with van der Waals surface area (Å²) in [4.78, 5) is 12.6. The van der Waals surface area contributed by atoms with Gasteiger partial charge in [-0.05, 0) is 37.2 Å². The van der Waals surface area contributed by atoms with Crippen LogP contribution in [-0.4, -0.2) is 27.7 Å². The van der Waals surface area contributed by atoms with E-state index in [1.165, 1.54) is 5.56 Å². The minimum atomic E-state index is -0.823. The normalized spacial score (nSPS) is 41.1. The predicted molar refractivity (Wildman–Crippen MR) is 78.7 cm³/mol. The molecule has 0 saturated heterocycles. The van der Waals surface area contributed by atoms with Crippen LogP contribution in [0.4, 0.5) is 0 Å². The second kappa shape index (κ2) is 3.92. The predicted octanol–water partition coefficient (Wildman–Crippen LogP) is 1.63. The van der Waals surface area contributed by atoms with Crippen LogP contribution in [0, 0.1) is 5.92 Å². The van der Waals surface area contributed by atoms with Crippen molar-refractivity contribution in [3.8, 4) is 5.75 Å². The molecule has 3 aliphatic carbocycles. The highest BCUT2D eigenvalue weighted by molar-refractivity contribution is 5.89. The van der Waals surface area contributed by atoms with Crippen molar-refractivity contribution in [3.05, 3.63) is 28.8 Å². The molecule has 0 amide bonds. The Morgan fingerprint density at radius 1 is 1.32 bits per heavy atom. The number of Topliss-reactive ketones (excluding diaryl/α,β-unsaturated/α-hetero) is 1. The highest BCUT2D eigenvalue weighted by Gasteiger charge is 2.71. The van der Waals surface area contributed by atoms with Crippen molar-refractivity contribution < 1.29 is 19.7 Å². The third-order valence-corrected chi connectivity index (χ3v) is 6.71. The first-order valence-corrected chi connectivity index (χ1v) is 8.29. The lowest BCUT2D eigenvalue weighted by molar-refractivity contribution is -0.177. The molecule has 4 aliphatic rings. The van der Waals surface area contributed by atoms with Gasteiger partial charge >= 0.3 is 0 Å². The van der Waals surface area contributed by atoms with Crippen LogP contribution in [0.3, 0.4) is 0 Å². The monoisotopic (exact) mass is 300 g/mol. The van der Waals surface area contributed by atoms with Crippen molar-refractivity contribution in [2.45, 2.75) is 62.3 Å². The summed E-state index contributed by atoms with van der Waals surface area (Å²) in [5.41, 5.74) is 1.59. The number of ether oxygens (including phenoxy) is 1. The zero-order valence-electron chi connectivity index (χ0n) is 12.5. The number of hydrogen-bond donors (Lipinski definition) is 2. The standard InChI is InChI=1S/C18H20O4/c19-9-11-4-3-10-8-12-2-1-6-17-14(10)15(11)22-16(17)13(20)5-7-18(12,17)21/h3-4,12,16,19,21H,1-2,5-9H2/t12-,16+,17+,18-/m1/s1. The molecule has 5 rings (SSSR count). The third kappa shape index (κ3) is 1.19. The Bertz CT molecular complexity index is 697. The zero-order valence-corrected chi connectivity index (χ0v) is 12.5. The van der Waals surface area contributed by atoms with Gasteiger partial charge in [-0.25, -0.2) is 0 Å². The molecule has 4 heteroatoms. The van der Waals surface area contributed by atoms with Crippen LogP contribution < -0.4 is 4.74 Å². The highest BCUT2D eigenvalue weighted by Crippen LogP contribution is 2.66. The van der Waals surface area contributed by atoms with Gasteiger partial charge in [0.05, 0.1) is 17.6 Å². The molecule has 0 aromatic heterocycles. The average Bonchev–Trinajstić information content (AvgIpc) is 2.85. The largest absolute Gasteiger partial charge is 0.481 e. The molecule has 1 heterocycles. The quantitative estimate of drug-likeness (QED) is 0.827. The fourth-order valence-corrected chi connectivity index (χ4v) is 5.83. The minimum Gasteiger partial charge on any atom is -0.481 e. The molecular weight excluding hydrogens is 280 g/mol. The molecule has 1 spiro atoms. The Balaban J connectivity index is 1.87. The first kappa shape index (κ1) is 13.1. The molecule has 1 aromatic carbocycles. The Labute approximate surface area is 129 Å². The molecule has 0 radical (unpaired) electrons. The van der Waals surface area contributed by atoms with E-state index in [4.69, 9.17) is 4.74 Å². The molecule has 116 valence electrons. The Kier molecular flexibility index (Phi) is 2.33. The number of benzene rings is 1. The fraction of sp³-hybridized carbons (Fsp3) is 0.611. The molecule has 4 atom stereocenters. The average molecular weight is 300 g/mol. The summed E-state index contributed by atoms with van der Waals surface area (Å²) in [6.07, 6.45) is 4.12. The zero-order chi connectivity index (χ0) is 15.1. The summed E-state index contributed by atoms with van der Waals surface area (Å²) < 4.78 is 6.11. The van der Waals surface area contributed by atoms with Crippen LogP contribution in [0.25, 0.3) is 0 Å². The van der Waals surface area contributed by atoms with Crippen LogP contribution in [0.1, 0.15) is 48.8 Å². The summed E-state index contributed by atoms with van der Waals surface area (Å²) >= 11 is 0. The van der Waals surface area contributed by atoms with Crippen LogP contribution >= 0.6 is 0 Å². The number of rotatable bonds is 1. The Morgan fingerprint density at radius 2 is 2.18 bits per heavy atom. The van der Waals surface area contributed by atoms with Gasteiger partial charge in [-0.1, -0.05) is 18.6 Å². The van der Waals surface area contributed by atoms with E-state index in [0.29, 0.717) is 18.6 Å². The number of aliphatic hydroxyl groups excluding tert-OH is 1. The molecule has 2 saturated carbocycles. The minimum absolute atomic E-state index is 0.0958. The first-order chi connectivity index (χ1) is 10.6. The molecule has 1 aromatic rings. The molecule has 2 fully saturated rings. The van der Waals surface area contributed by atoms with Crippen molar-refractivity contribution in [1.29, 1.82) is 0 Å². The van der Waals surface area contributed by atoms with E-state index in [0.717, 1.165) is 36.8 Å². The van der Waals surface area contributed by atoms with Crippen molar-refractivity contribution >= 4 is 5.78 Å². The van der Waals surface area contributed by atoms with Gasteiger partial charge in [0, 0.05) is 17.5 Å². The van der Waals surface area contributed by atoms with Crippen molar-refractivity contribution in [2.24, 2.45) is 5.92 Å². The molecular formula is C18H20O4. The van der Waals surface area contributed by atoms with Gasteiger partial charge in [-0.15, -0.1) is 0 Å². The van der Waals surface area contributed by atoms with Gasteiger partial charge < -0.3 is 14.9 Å². The number of ketones is 1. The van der Waals surface area contributed by atoms with E-state index < -0.39 is 17.1 Å². The van der Waals surface area contributed by atoms with Gasteiger partial charge in [0.2, 0.25) is 0 Å². The Morgan fingerprint density at radius 3 is 3.00 bits per heavy atom. The molecule has 22 heavy (non-hydrogen) atoms. The summed E-state index contributed by atoms with van der Waals surface area (Å²) in [6, 6.07) is 3.97. The van der Waals surface area contributed by atoms with Gasteiger partial charge in [-0.2, -0.15) is 0 Å². The van der Waals surface area contributed by atoms with Gasteiger partial charge in [-0.3, -0.25) is 4.79 Å². The van der Waals surface area contributed by atoms with E-state index >= 15 is 0 Å².